The van der Waals surface area contributed by atoms with E-state index >= 15 is 0 Å². The molecule has 0 aliphatic heterocycles. The normalized spacial score (nSPS) is 11.4. The Morgan fingerprint density at radius 3 is 2.67 bits per heavy atom. The van der Waals surface area contributed by atoms with Gasteiger partial charge in [0.25, 0.3) is 0 Å². The maximum Gasteiger partial charge on any atom is 0.131 e. The van der Waals surface area contributed by atoms with Gasteiger partial charge in [0.2, 0.25) is 0 Å². The molecule has 0 aliphatic carbocycles. The average Bonchev–Trinajstić information content (AvgIpc) is 2.68. The summed E-state index contributed by atoms with van der Waals surface area (Å²) in [5.41, 5.74) is 2.30. The van der Waals surface area contributed by atoms with Crippen LogP contribution < -0.4 is 10.2 Å². The van der Waals surface area contributed by atoms with Gasteiger partial charge in [-0.15, -0.1) is 0 Å². The highest BCUT2D eigenvalue weighted by molar-refractivity contribution is 5.49. The molecule has 6 heteroatoms. The highest BCUT2D eigenvalue weighted by Crippen LogP contribution is 2.21. The Bertz CT molecular complexity index is 418. The minimum Gasteiger partial charge on any atom is -0.383 e. The van der Waals surface area contributed by atoms with Gasteiger partial charge >= 0.3 is 0 Å². The fraction of sp³-hybridized carbons (Fsp3) is 0.800. The third-order valence-corrected chi connectivity index (χ3v) is 3.34. The Morgan fingerprint density at radius 2 is 2.05 bits per heavy atom. The summed E-state index contributed by atoms with van der Waals surface area (Å²) in [5.74, 6) is 1.14. The molecule has 1 aromatic rings. The zero-order valence-electron chi connectivity index (χ0n) is 14.3. The standard InChI is InChI=1S/C15H30N4O2/c1-12(2)21-10-8-18(4)15-14(11-16-7-9-20-6)13(3)17-19(15)5/h12,16H,7-11H2,1-6H3. The molecule has 0 bridgehead atoms. The second-order valence-electron chi connectivity index (χ2n) is 5.52. The Kier molecular flexibility index (Phi) is 7.71. The van der Waals surface area contributed by atoms with Crippen LogP contribution >= 0.6 is 0 Å². The van der Waals surface area contributed by atoms with E-state index < -0.39 is 0 Å². The molecule has 0 aromatic carbocycles. The van der Waals surface area contributed by atoms with Crippen molar-refractivity contribution in [3.05, 3.63) is 11.3 Å². The molecular formula is C15H30N4O2. The topological polar surface area (TPSA) is 51.5 Å². The number of nitrogens with zero attached hydrogens (tertiary/aromatic N) is 3. The average molecular weight is 298 g/mol. The quantitative estimate of drug-likeness (QED) is 0.660. The summed E-state index contributed by atoms with van der Waals surface area (Å²) in [4.78, 5) is 2.20. The second-order valence-corrected chi connectivity index (χ2v) is 5.52. The zero-order valence-corrected chi connectivity index (χ0v) is 14.3. The molecule has 0 saturated carbocycles. The van der Waals surface area contributed by atoms with Crippen molar-refractivity contribution in [3.63, 3.8) is 0 Å². The van der Waals surface area contributed by atoms with Crippen LogP contribution in [0.5, 0.6) is 0 Å². The predicted molar refractivity (Wildman–Crippen MR) is 85.9 cm³/mol. The zero-order chi connectivity index (χ0) is 15.8. The fourth-order valence-corrected chi connectivity index (χ4v) is 2.29. The highest BCUT2D eigenvalue weighted by Gasteiger charge is 2.16. The van der Waals surface area contributed by atoms with E-state index in [1.165, 1.54) is 5.56 Å². The first-order chi connectivity index (χ1) is 9.97. The van der Waals surface area contributed by atoms with Crippen LogP contribution in [0.4, 0.5) is 5.82 Å². The van der Waals surface area contributed by atoms with E-state index in [1.54, 1.807) is 7.11 Å². The molecule has 0 aliphatic rings. The van der Waals surface area contributed by atoms with Crippen LogP contribution in [0.15, 0.2) is 0 Å². The van der Waals surface area contributed by atoms with Crippen molar-refractivity contribution in [1.82, 2.24) is 15.1 Å². The molecule has 1 N–H and O–H groups in total. The molecule has 1 rings (SSSR count). The van der Waals surface area contributed by atoms with Gasteiger partial charge in [-0.25, -0.2) is 0 Å². The van der Waals surface area contributed by atoms with Gasteiger partial charge in [0.15, 0.2) is 0 Å². The van der Waals surface area contributed by atoms with Crippen LogP contribution in [0.1, 0.15) is 25.1 Å². The van der Waals surface area contributed by atoms with Crippen molar-refractivity contribution in [2.45, 2.75) is 33.4 Å². The molecule has 1 aromatic heterocycles. The number of anilines is 1. The summed E-state index contributed by atoms with van der Waals surface area (Å²) in [5, 5.41) is 7.93. The molecule has 0 radical (unpaired) electrons. The summed E-state index contributed by atoms with van der Waals surface area (Å²) < 4.78 is 12.6. The summed E-state index contributed by atoms with van der Waals surface area (Å²) in [7, 11) is 5.78. The highest BCUT2D eigenvalue weighted by atomic mass is 16.5. The number of methoxy groups -OCH3 is 1. The van der Waals surface area contributed by atoms with Crippen molar-refractivity contribution in [2.24, 2.45) is 7.05 Å². The molecule has 0 saturated heterocycles. The van der Waals surface area contributed by atoms with Gasteiger partial charge in [-0.2, -0.15) is 5.10 Å². The minimum absolute atomic E-state index is 0.266. The van der Waals surface area contributed by atoms with E-state index in [2.05, 4.69) is 43.1 Å². The third kappa shape index (κ3) is 5.65. The van der Waals surface area contributed by atoms with Crippen molar-refractivity contribution in [1.29, 1.82) is 0 Å². The lowest BCUT2D eigenvalue weighted by Crippen LogP contribution is -2.28. The summed E-state index contributed by atoms with van der Waals surface area (Å²) in [6.45, 7) is 10.1. The third-order valence-electron chi connectivity index (χ3n) is 3.34. The molecule has 21 heavy (non-hydrogen) atoms. The van der Waals surface area contributed by atoms with Crippen LogP contribution in [-0.2, 0) is 23.1 Å². The van der Waals surface area contributed by atoms with Gasteiger partial charge in [-0.3, -0.25) is 4.68 Å². The molecular weight excluding hydrogens is 268 g/mol. The van der Waals surface area contributed by atoms with E-state index in [0.29, 0.717) is 6.61 Å². The molecule has 0 amide bonds. The first kappa shape index (κ1) is 17.9. The number of rotatable bonds is 10. The Morgan fingerprint density at radius 1 is 1.33 bits per heavy atom. The van der Waals surface area contributed by atoms with E-state index in [-0.39, 0.29) is 6.10 Å². The molecule has 0 fully saturated rings. The molecule has 0 atom stereocenters. The molecule has 0 spiro atoms. The largest absolute Gasteiger partial charge is 0.383 e. The van der Waals surface area contributed by atoms with Gasteiger partial charge in [0, 0.05) is 46.4 Å². The van der Waals surface area contributed by atoms with E-state index in [0.717, 1.165) is 37.8 Å². The van der Waals surface area contributed by atoms with Crippen molar-refractivity contribution >= 4 is 5.82 Å². The van der Waals surface area contributed by atoms with E-state index in [9.17, 15) is 0 Å². The number of aromatic nitrogens is 2. The van der Waals surface area contributed by atoms with Crippen LogP contribution in [0.25, 0.3) is 0 Å². The van der Waals surface area contributed by atoms with Crippen molar-refractivity contribution < 1.29 is 9.47 Å². The molecule has 122 valence electrons. The summed E-state index contributed by atoms with van der Waals surface area (Å²) >= 11 is 0. The Balaban J connectivity index is 2.66. The maximum atomic E-state index is 5.63. The molecule has 1 heterocycles. The number of nitrogens with one attached hydrogen (secondary N) is 1. The number of aryl methyl sites for hydroxylation is 2. The van der Waals surface area contributed by atoms with Crippen LogP contribution in [0.3, 0.4) is 0 Å². The van der Waals surface area contributed by atoms with E-state index in [1.807, 2.05) is 11.7 Å². The molecule has 6 nitrogen and oxygen atoms in total. The first-order valence-corrected chi connectivity index (χ1v) is 7.52. The Labute approximate surface area is 128 Å². The van der Waals surface area contributed by atoms with Crippen LogP contribution in [-0.4, -0.2) is 56.3 Å². The summed E-state index contributed by atoms with van der Waals surface area (Å²) in [6.07, 6.45) is 0.266. The van der Waals surface area contributed by atoms with Gasteiger partial charge in [-0.1, -0.05) is 0 Å². The number of ether oxygens (including phenoxy) is 2. The first-order valence-electron chi connectivity index (χ1n) is 7.52. The second kappa shape index (κ2) is 9.02. The molecule has 0 unspecified atom stereocenters. The van der Waals surface area contributed by atoms with Gasteiger partial charge in [-0.05, 0) is 20.8 Å². The SMILES string of the molecule is COCCNCc1c(C)nn(C)c1N(C)CCOC(C)C. The lowest BCUT2D eigenvalue weighted by Gasteiger charge is -2.22. The smallest absolute Gasteiger partial charge is 0.131 e. The van der Waals surface area contributed by atoms with Gasteiger partial charge in [0.1, 0.15) is 5.82 Å². The fourth-order valence-electron chi connectivity index (χ4n) is 2.29. The lowest BCUT2D eigenvalue weighted by molar-refractivity contribution is 0.0844. The maximum absolute atomic E-state index is 5.63. The van der Waals surface area contributed by atoms with Gasteiger partial charge in [0.05, 0.1) is 25.0 Å². The minimum atomic E-state index is 0.266. The summed E-state index contributed by atoms with van der Waals surface area (Å²) in [6, 6.07) is 0. The predicted octanol–water partition coefficient (Wildman–Crippen LogP) is 1.33. The monoisotopic (exact) mass is 298 g/mol. The Hall–Kier alpha value is -1.11. The van der Waals surface area contributed by atoms with Crippen molar-refractivity contribution in [2.75, 3.05) is 45.4 Å². The number of hydrogen-bond donors (Lipinski definition) is 1. The number of hydrogen-bond acceptors (Lipinski definition) is 5. The van der Waals surface area contributed by atoms with Crippen LogP contribution in [0.2, 0.25) is 0 Å². The number of likely N-dealkylation sites (N-methyl/N-ethyl adjacent to an activating group) is 1. The van der Waals surface area contributed by atoms with E-state index in [4.69, 9.17) is 9.47 Å². The lowest BCUT2D eigenvalue weighted by atomic mass is 10.2. The van der Waals surface area contributed by atoms with Gasteiger partial charge < -0.3 is 19.7 Å². The van der Waals surface area contributed by atoms with Crippen molar-refractivity contribution in [3.8, 4) is 0 Å². The van der Waals surface area contributed by atoms with Crippen LogP contribution in [0, 0.1) is 6.92 Å².